The molecule has 2 saturated carbocycles. The Kier molecular flexibility index (Phi) is 13.2. The van der Waals surface area contributed by atoms with Crippen LogP contribution in [0.15, 0.2) is 48.2 Å². The van der Waals surface area contributed by atoms with Gasteiger partial charge in [-0.25, -0.2) is 0 Å². The van der Waals surface area contributed by atoms with Gasteiger partial charge in [0.1, 0.15) is 0 Å². The van der Waals surface area contributed by atoms with Crippen LogP contribution in [-0.2, 0) is 37.7 Å². The van der Waals surface area contributed by atoms with Crippen molar-refractivity contribution in [3.8, 4) is 11.3 Å². The van der Waals surface area contributed by atoms with E-state index >= 15 is 0 Å². The number of aryl methyl sites for hydroxylation is 4. The Morgan fingerprint density at radius 1 is 0.860 bits per heavy atom. The summed E-state index contributed by atoms with van der Waals surface area (Å²) in [5.74, 6) is 2.48. The van der Waals surface area contributed by atoms with E-state index in [2.05, 4.69) is 70.2 Å². The second-order valence-corrected chi connectivity index (χ2v) is 13.3. The fourth-order valence-corrected chi connectivity index (χ4v) is 7.14. The molecule has 0 saturated heterocycles. The third kappa shape index (κ3) is 9.11. The number of carbonyl (C=O) groups is 1. The van der Waals surface area contributed by atoms with Crippen LogP contribution in [-0.4, -0.2) is 15.9 Å². The molecule has 0 amide bonds. The first kappa shape index (κ1) is 35.2. The number of benzene rings is 2. The van der Waals surface area contributed by atoms with Gasteiger partial charge in [0, 0.05) is 43.4 Å². The Labute approximate surface area is 274 Å². The smallest absolute Gasteiger partial charge is 0.162 e. The fourth-order valence-electron chi connectivity index (χ4n) is 7.14. The molecule has 43 heavy (non-hydrogen) atoms. The molecule has 3 aliphatic carbocycles. The van der Waals surface area contributed by atoms with Crippen LogP contribution in [0.1, 0.15) is 108 Å². The number of hydrogen-bond acceptors (Lipinski definition) is 3. The summed E-state index contributed by atoms with van der Waals surface area (Å²) in [7, 11) is 0. The molecule has 2 aromatic carbocycles. The van der Waals surface area contributed by atoms with Gasteiger partial charge in [0.2, 0.25) is 0 Å². The van der Waals surface area contributed by atoms with E-state index < -0.39 is 0 Å². The van der Waals surface area contributed by atoms with Crippen molar-refractivity contribution in [2.24, 2.45) is 23.7 Å². The molecule has 1 heterocycles. The van der Waals surface area contributed by atoms with E-state index in [1.54, 1.807) is 6.08 Å². The number of aliphatic hydroxyl groups excluding tert-OH is 1. The van der Waals surface area contributed by atoms with Crippen LogP contribution in [0, 0.1) is 43.6 Å². The summed E-state index contributed by atoms with van der Waals surface area (Å²) in [5.41, 5.74) is 8.69. The van der Waals surface area contributed by atoms with Gasteiger partial charge in [-0.3, -0.25) is 9.78 Å². The summed E-state index contributed by atoms with van der Waals surface area (Å²) in [6.07, 6.45) is 15.2. The molecule has 2 fully saturated rings. The Balaban J connectivity index is 0.000000228. The maximum atomic E-state index is 12.2. The summed E-state index contributed by atoms with van der Waals surface area (Å²) in [5, 5.41) is 11.5. The zero-order valence-corrected chi connectivity index (χ0v) is 28.4. The minimum absolute atomic E-state index is 0. The predicted molar refractivity (Wildman–Crippen MR) is 177 cm³/mol. The van der Waals surface area contributed by atoms with Gasteiger partial charge in [0.05, 0.1) is 11.3 Å². The molecule has 0 unspecified atom stereocenters. The Morgan fingerprint density at radius 2 is 1.47 bits per heavy atom. The van der Waals surface area contributed by atoms with Gasteiger partial charge in [0.25, 0.3) is 0 Å². The quantitative estimate of drug-likeness (QED) is 0.164. The maximum Gasteiger partial charge on any atom is 0.162 e. The number of aliphatic hydroxyl groups is 1. The van der Waals surface area contributed by atoms with Gasteiger partial charge < -0.3 is 5.11 Å². The molecule has 0 aliphatic heterocycles. The molecule has 235 valence electrons. The molecular formula is C39H52IrNO2-. The number of aromatic nitrogens is 1. The molecule has 3 aliphatic rings. The molecule has 1 N–H and O–H groups in total. The summed E-state index contributed by atoms with van der Waals surface area (Å²) in [6.45, 7) is 8.77. The molecule has 0 spiro atoms. The van der Waals surface area contributed by atoms with Crippen LogP contribution in [0.5, 0.6) is 0 Å². The van der Waals surface area contributed by atoms with E-state index in [0.29, 0.717) is 5.76 Å². The number of rotatable bonds is 4. The van der Waals surface area contributed by atoms with Crippen molar-refractivity contribution in [3.63, 3.8) is 0 Å². The van der Waals surface area contributed by atoms with Crippen LogP contribution >= 0.6 is 0 Å². The number of pyridine rings is 1. The summed E-state index contributed by atoms with van der Waals surface area (Å²) in [6, 6.07) is 16.7. The Bertz CT molecular complexity index is 1370. The topological polar surface area (TPSA) is 50.2 Å². The van der Waals surface area contributed by atoms with Crippen LogP contribution < -0.4 is 0 Å². The number of ketones is 1. The number of hydrogen-bond donors (Lipinski definition) is 1. The molecule has 0 bridgehead atoms. The first-order valence-corrected chi connectivity index (χ1v) is 16.1. The van der Waals surface area contributed by atoms with Crippen LogP contribution in [0.2, 0.25) is 0 Å². The van der Waals surface area contributed by atoms with Gasteiger partial charge in [-0.1, -0.05) is 79.0 Å². The van der Waals surface area contributed by atoms with E-state index in [9.17, 15) is 9.90 Å². The van der Waals surface area contributed by atoms with Crippen molar-refractivity contribution in [3.05, 3.63) is 76.6 Å². The van der Waals surface area contributed by atoms with E-state index in [0.717, 1.165) is 73.6 Å². The van der Waals surface area contributed by atoms with Gasteiger partial charge in [0.15, 0.2) is 5.78 Å². The first-order chi connectivity index (χ1) is 19.8. The molecular weight excluding hydrogens is 707 g/mol. The van der Waals surface area contributed by atoms with Gasteiger partial charge in [-0.05, 0) is 86.1 Å². The maximum absolute atomic E-state index is 12.2. The van der Waals surface area contributed by atoms with Crippen molar-refractivity contribution in [1.29, 1.82) is 0 Å². The zero-order chi connectivity index (χ0) is 28.9. The predicted octanol–water partition coefficient (Wildman–Crippen LogP) is 10.5. The van der Waals surface area contributed by atoms with Gasteiger partial charge in [-0.15, -0.1) is 34.9 Å². The summed E-state index contributed by atoms with van der Waals surface area (Å²) < 4.78 is 0. The molecule has 6 rings (SSSR count). The average Bonchev–Trinajstić information content (AvgIpc) is 3.17. The minimum Gasteiger partial charge on any atom is -0.512 e. The van der Waals surface area contributed by atoms with Crippen molar-refractivity contribution >= 4 is 16.7 Å². The van der Waals surface area contributed by atoms with Crippen molar-refractivity contribution in [2.75, 3.05) is 0 Å². The van der Waals surface area contributed by atoms with Crippen molar-refractivity contribution < 1.29 is 30.0 Å². The van der Waals surface area contributed by atoms with Gasteiger partial charge in [-0.2, -0.15) is 0 Å². The van der Waals surface area contributed by atoms with E-state index in [4.69, 9.17) is 4.98 Å². The standard InChI is InChI=1S/C21H20N.C17H28O2.CH4.Ir/c1-14-10-15(2)12-18(11-14)20-13-17-7-4-3-6-16-8-5-9-19(22-20)21(16)17;1-12-3-7-14(8-4-12)16(18)11-17(19)15-9-5-13(2)6-10-15;;/h5,8-11,13H,3-4,6-7H2,1-2H3;11-15,18H,3-10H2,1-2H3;1H4;/q-1;;;. The van der Waals surface area contributed by atoms with Crippen molar-refractivity contribution in [2.45, 2.75) is 112 Å². The SMILES string of the molecule is C.CC1CCC(C(=O)C=C(O)C2CCC(C)CC2)CC1.Cc1[c-]c(-c2cc3c4c(cccc4n2)CCCC3)cc(C)c1.[Ir]. The second kappa shape index (κ2) is 16.1. The summed E-state index contributed by atoms with van der Waals surface area (Å²) >= 11 is 0. The largest absolute Gasteiger partial charge is 0.512 e. The summed E-state index contributed by atoms with van der Waals surface area (Å²) in [4.78, 5) is 17.1. The van der Waals surface area contributed by atoms with Crippen LogP contribution in [0.4, 0.5) is 0 Å². The van der Waals surface area contributed by atoms with Gasteiger partial charge >= 0.3 is 0 Å². The normalized spacial score (nSPS) is 23.6. The first-order valence-electron chi connectivity index (χ1n) is 16.1. The third-order valence-corrected chi connectivity index (χ3v) is 9.71. The number of allylic oxidation sites excluding steroid dienone is 2. The average molecular weight is 759 g/mol. The van der Waals surface area contributed by atoms with E-state index in [1.165, 1.54) is 59.7 Å². The van der Waals surface area contributed by atoms with E-state index in [-0.39, 0.29) is 45.2 Å². The monoisotopic (exact) mass is 759 g/mol. The molecule has 3 nitrogen and oxygen atoms in total. The van der Waals surface area contributed by atoms with E-state index in [1.807, 2.05) is 0 Å². The molecule has 0 atom stereocenters. The number of nitrogens with zero attached hydrogens (tertiary/aromatic N) is 1. The van der Waals surface area contributed by atoms with Crippen LogP contribution in [0.25, 0.3) is 22.2 Å². The molecule has 1 radical (unpaired) electrons. The Hall–Kier alpha value is -2.29. The molecule has 3 aromatic rings. The minimum atomic E-state index is 0. The zero-order valence-electron chi connectivity index (χ0n) is 26.0. The fraction of sp³-hybridized carbons (Fsp3) is 0.538. The number of carbonyl (C=O) groups excluding carboxylic acids is 1. The molecule has 4 heteroatoms. The molecule has 1 aromatic heterocycles. The second-order valence-electron chi connectivity index (χ2n) is 13.3. The third-order valence-electron chi connectivity index (χ3n) is 9.71. The Morgan fingerprint density at radius 3 is 2.09 bits per heavy atom. The van der Waals surface area contributed by atoms with Crippen molar-refractivity contribution in [1.82, 2.24) is 4.98 Å². The van der Waals surface area contributed by atoms with Crippen LogP contribution in [0.3, 0.4) is 0 Å².